The van der Waals surface area contributed by atoms with Crippen molar-refractivity contribution in [2.45, 2.75) is 13.5 Å². The number of benzene rings is 2. The second kappa shape index (κ2) is 8.65. The van der Waals surface area contributed by atoms with E-state index in [0.29, 0.717) is 23.1 Å². The van der Waals surface area contributed by atoms with Crippen molar-refractivity contribution in [2.24, 2.45) is 0 Å². The van der Waals surface area contributed by atoms with Gasteiger partial charge in [0.2, 0.25) is 0 Å². The standard InChI is InChI=1S/C22H22BrN3O2S/c1-15-11-18(20(27)19(23)12-15)22(28)26-9-7-25(8-10-26)13-17-14-29-21(24-17)16-5-3-2-4-6-16/h2-6,11-12,14,27H,7-10,13H2,1H3. The number of aryl methyl sites for hydroxylation is 1. The van der Waals surface area contributed by atoms with Crippen LogP contribution in [0.4, 0.5) is 0 Å². The van der Waals surface area contributed by atoms with Gasteiger partial charge in [0.05, 0.1) is 15.7 Å². The average Bonchev–Trinajstić information content (AvgIpc) is 3.20. The number of phenols is 1. The maximum atomic E-state index is 12.9. The Kier molecular flexibility index (Phi) is 5.99. The molecular formula is C22H22BrN3O2S. The fraction of sp³-hybridized carbons (Fsp3) is 0.273. The first-order valence-corrected chi connectivity index (χ1v) is 11.2. The molecule has 0 saturated carbocycles. The molecule has 1 aliphatic heterocycles. The van der Waals surface area contributed by atoms with Crippen molar-refractivity contribution < 1.29 is 9.90 Å². The molecule has 1 saturated heterocycles. The number of nitrogens with zero attached hydrogens (tertiary/aromatic N) is 3. The van der Waals surface area contributed by atoms with Crippen LogP contribution in [0.3, 0.4) is 0 Å². The van der Waals surface area contributed by atoms with Crippen molar-refractivity contribution in [2.75, 3.05) is 26.2 Å². The predicted molar refractivity (Wildman–Crippen MR) is 119 cm³/mol. The quantitative estimate of drug-likeness (QED) is 0.606. The third kappa shape index (κ3) is 4.52. The van der Waals surface area contributed by atoms with E-state index in [1.807, 2.05) is 36.1 Å². The van der Waals surface area contributed by atoms with Gasteiger partial charge in [0.1, 0.15) is 10.8 Å². The van der Waals surface area contributed by atoms with Crippen molar-refractivity contribution in [3.63, 3.8) is 0 Å². The first-order chi connectivity index (χ1) is 14.0. The number of carbonyl (C=O) groups excluding carboxylic acids is 1. The van der Waals surface area contributed by atoms with Gasteiger partial charge >= 0.3 is 0 Å². The Bertz CT molecular complexity index is 1010. The molecule has 0 unspecified atom stereocenters. The first-order valence-electron chi connectivity index (χ1n) is 9.52. The number of piperazine rings is 1. The first kappa shape index (κ1) is 20.1. The minimum Gasteiger partial charge on any atom is -0.506 e. The molecule has 7 heteroatoms. The van der Waals surface area contributed by atoms with Gasteiger partial charge in [0.25, 0.3) is 5.91 Å². The molecule has 1 amide bonds. The van der Waals surface area contributed by atoms with E-state index in [1.165, 1.54) is 0 Å². The van der Waals surface area contributed by atoms with Crippen molar-refractivity contribution >= 4 is 33.2 Å². The molecule has 3 aromatic rings. The predicted octanol–water partition coefficient (Wildman–Crippen LogP) is 4.54. The lowest BCUT2D eigenvalue weighted by Gasteiger charge is -2.34. The van der Waals surface area contributed by atoms with Gasteiger partial charge in [-0.3, -0.25) is 9.69 Å². The van der Waals surface area contributed by atoms with E-state index in [-0.39, 0.29) is 11.7 Å². The number of hydrogen-bond donors (Lipinski definition) is 1. The van der Waals surface area contributed by atoms with Gasteiger partial charge in [-0.1, -0.05) is 30.3 Å². The summed E-state index contributed by atoms with van der Waals surface area (Å²) in [5.74, 6) is -0.106. The fourth-order valence-corrected chi connectivity index (χ4v) is 4.89. The lowest BCUT2D eigenvalue weighted by molar-refractivity contribution is 0.0624. The largest absolute Gasteiger partial charge is 0.506 e. The normalized spacial score (nSPS) is 14.9. The molecule has 1 aliphatic rings. The van der Waals surface area contributed by atoms with Crippen molar-refractivity contribution in [3.05, 3.63) is 69.1 Å². The summed E-state index contributed by atoms with van der Waals surface area (Å²) < 4.78 is 0.553. The van der Waals surface area contributed by atoms with Gasteiger partial charge in [-0.05, 0) is 40.5 Å². The van der Waals surface area contributed by atoms with E-state index >= 15 is 0 Å². The SMILES string of the molecule is Cc1cc(Br)c(O)c(C(=O)N2CCN(Cc3csc(-c4ccccc4)n3)CC2)c1. The van der Waals surface area contributed by atoms with Crippen LogP contribution in [0.1, 0.15) is 21.6 Å². The molecular weight excluding hydrogens is 450 g/mol. The van der Waals surface area contributed by atoms with Crippen LogP contribution in [0.25, 0.3) is 10.6 Å². The number of phenolic OH excluding ortho intramolecular Hbond substituents is 1. The highest BCUT2D eigenvalue weighted by Gasteiger charge is 2.25. The number of halogens is 1. The molecule has 1 fully saturated rings. The van der Waals surface area contributed by atoms with Crippen molar-refractivity contribution in [1.82, 2.24) is 14.8 Å². The summed E-state index contributed by atoms with van der Waals surface area (Å²) in [5.41, 5.74) is 3.50. The van der Waals surface area contributed by atoms with E-state index < -0.39 is 0 Å². The van der Waals surface area contributed by atoms with Gasteiger partial charge in [-0.2, -0.15) is 0 Å². The van der Waals surface area contributed by atoms with Gasteiger partial charge in [-0.25, -0.2) is 4.98 Å². The van der Waals surface area contributed by atoms with Crippen LogP contribution in [-0.4, -0.2) is 52.0 Å². The summed E-state index contributed by atoms with van der Waals surface area (Å²) in [4.78, 5) is 21.8. The maximum Gasteiger partial charge on any atom is 0.257 e. The highest BCUT2D eigenvalue weighted by atomic mass is 79.9. The molecule has 2 heterocycles. The highest BCUT2D eigenvalue weighted by molar-refractivity contribution is 9.10. The summed E-state index contributed by atoms with van der Waals surface area (Å²) in [6, 6.07) is 13.8. The highest BCUT2D eigenvalue weighted by Crippen LogP contribution is 2.30. The zero-order chi connectivity index (χ0) is 20.4. The van der Waals surface area contributed by atoms with E-state index in [1.54, 1.807) is 17.4 Å². The number of rotatable bonds is 4. The minimum absolute atomic E-state index is 0.0129. The molecule has 29 heavy (non-hydrogen) atoms. The molecule has 2 aromatic carbocycles. The number of aromatic hydroxyl groups is 1. The molecule has 150 valence electrons. The zero-order valence-electron chi connectivity index (χ0n) is 16.1. The summed E-state index contributed by atoms with van der Waals surface area (Å²) in [6.07, 6.45) is 0. The van der Waals surface area contributed by atoms with Gasteiger partial charge < -0.3 is 10.0 Å². The number of aromatic nitrogens is 1. The van der Waals surface area contributed by atoms with Crippen LogP contribution in [0.5, 0.6) is 5.75 Å². The van der Waals surface area contributed by atoms with Crippen molar-refractivity contribution in [3.8, 4) is 16.3 Å². The Morgan fingerprint density at radius 2 is 1.90 bits per heavy atom. The third-order valence-electron chi connectivity index (χ3n) is 5.06. The lowest BCUT2D eigenvalue weighted by Crippen LogP contribution is -2.48. The topological polar surface area (TPSA) is 56.7 Å². The number of amides is 1. The second-order valence-corrected chi connectivity index (χ2v) is 8.93. The zero-order valence-corrected chi connectivity index (χ0v) is 18.5. The van der Waals surface area contributed by atoms with Crippen LogP contribution in [0.2, 0.25) is 0 Å². The lowest BCUT2D eigenvalue weighted by atomic mass is 10.1. The summed E-state index contributed by atoms with van der Waals surface area (Å²) in [5, 5.41) is 13.4. The van der Waals surface area contributed by atoms with Crippen LogP contribution >= 0.6 is 27.3 Å². The smallest absolute Gasteiger partial charge is 0.257 e. The van der Waals surface area contributed by atoms with Gasteiger partial charge in [0.15, 0.2) is 0 Å². The fourth-order valence-electron chi connectivity index (χ4n) is 3.50. The molecule has 0 aliphatic carbocycles. The Balaban J connectivity index is 1.37. The van der Waals surface area contributed by atoms with Crippen LogP contribution in [-0.2, 0) is 6.54 Å². The number of hydrogen-bond acceptors (Lipinski definition) is 5. The van der Waals surface area contributed by atoms with E-state index in [9.17, 15) is 9.90 Å². The van der Waals surface area contributed by atoms with E-state index in [0.717, 1.165) is 41.5 Å². The maximum absolute atomic E-state index is 12.9. The minimum atomic E-state index is -0.119. The summed E-state index contributed by atoms with van der Waals surface area (Å²) in [6.45, 7) is 5.55. The van der Waals surface area contributed by atoms with Crippen LogP contribution in [0, 0.1) is 6.92 Å². The van der Waals surface area contributed by atoms with Gasteiger partial charge in [-0.15, -0.1) is 11.3 Å². The Hall–Kier alpha value is -2.22. The molecule has 4 rings (SSSR count). The Labute approximate surface area is 182 Å². The number of thiazole rings is 1. The Morgan fingerprint density at radius 1 is 1.17 bits per heavy atom. The molecule has 5 nitrogen and oxygen atoms in total. The Morgan fingerprint density at radius 3 is 2.62 bits per heavy atom. The summed E-state index contributed by atoms with van der Waals surface area (Å²) in [7, 11) is 0. The molecule has 1 N–H and O–H groups in total. The molecule has 0 bridgehead atoms. The third-order valence-corrected chi connectivity index (χ3v) is 6.60. The second-order valence-electron chi connectivity index (χ2n) is 7.22. The average molecular weight is 472 g/mol. The van der Waals surface area contributed by atoms with Gasteiger partial charge in [0, 0.05) is 43.7 Å². The monoisotopic (exact) mass is 471 g/mol. The molecule has 1 aromatic heterocycles. The van der Waals surface area contributed by atoms with E-state index in [4.69, 9.17) is 4.98 Å². The van der Waals surface area contributed by atoms with Crippen molar-refractivity contribution in [1.29, 1.82) is 0 Å². The van der Waals surface area contributed by atoms with E-state index in [2.05, 4.69) is 38.3 Å². The molecule has 0 spiro atoms. The van der Waals surface area contributed by atoms with Crippen LogP contribution < -0.4 is 0 Å². The number of carbonyl (C=O) groups is 1. The molecule has 0 atom stereocenters. The molecule has 0 radical (unpaired) electrons. The summed E-state index contributed by atoms with van der Waals surface area (Å²) >= 11 is 4.98. The van der Waals surface area contributed by atoms with Crippen LogP contribution in [0.15, 0.2) is 52.3 Å².